The van der Waals surface area contributed by atoms with E-state index < -0.39 is 0 Å². The number of anilines is 1. The van der Waals surface area contributed by atoms with Gasteiger partial charge < -0.3 is 5.32 Å². The Balaban J connectivity index is 1.99. The predicted molar refractivity (Wildman–Crippen MR) is 66.5 cm³/mol. The first-order valence-electron chi connectivity index (χ1n) is 5.74. The maximum absolute atomic E-state index is 6.13. The zero-order valence-corrected chi connectivity index (χ0v) is 9.93. The van der Waals surface area contributed by atoms with E-state index in [1.807, 2.05) is 13.0 Å². The first-order valence-corrected chi connectivity index (χ1v) is 6.18. The van der Waals surface area contributed by atoms with Gasteiger partial charge in [-0.15, -0.1) is 11.6 Å². The number of hydrogen-bond donors (Lipinski definition) is 1. The van der Waals surface area contributed by atoms with Crippen LogP contribution in [0.15, 0.2) is 24.3 Å². The molecule has 1 unspecified atom stereocenters. The smallest absolute Gasteiger partial charge is 0.0577 e. The van der Waals surface area contributed by atoms with Crippen molar-refractivity contribution >= 4 is 17.3 Å². The highest BCUT2D eigenvalue weighted by molar-refractivity contribution is 6.21. The standard InChI is InChI=1S/C13H18ClN/c1-10(14)12-7-2-3-8-13(12)15-9-11-5-4-6-11/h2-3,7-8,10-11,15H,4-6,9H2,1H3. The van der Waals surface area contributed by atoms with Gasteiger partial charge in [-0.05, 0) is 37.3 Å². The lowest BCUT2D eigenvalue weighted by molar-refractivity contribution is 0.333. The third-order valence-electron chi connectivity index (χ3n) is 3.20. The van der Waals surface area contributed by atoms with Crippen LogP contribution in [0, 0.1) is 5.92 Å². The molecule has 1 saturated carbocycles. The lowest BCUT2D eigenvalue weighted by Gasteiger charge is -2.26. The van der Waals surface area contributed by atoms with Gasteiger partial charge in [0.2, 0.25) is 0 Å². The van der Waals surface area contributed by atoms with E-state index in [0.29, 0.717) is 0 Å². The molecule has 1 N–H and O–H groups in total. The Morgan fingerprint density at radius 2 is 2.13 bits per heavy atom. The van der Waals surface area contributed by atoms with E-state index in [1.165, 1.54) is 30.5 Å². The van der Waals surface area contributed by atoms with Crippen molar-refractivity contribution in [2.24, 2.45) is 5.92 Å². The van der Waals surface area contributed by atoms with Crippen LogP contribution in [0.25, 0.3) is 0 Å². The van der Waals surface area contributed by atoms with Gasteiger partial charge in [0, 0.05) is 12.2 Å². The van der Waals surface area contributed by atoms with Crippen molar-refractivity contribution in [1.29, 1.82) is 0 Å². The van der Waals surface area contributed by atoms with E-state index in [4.69, 9.17) is 11.6 Å². The molecule has 0 bridgehead atoms. The van der Waals surface area contributed by atoms with E-state index in [-0.39, 0.29) is 5.38 Å². The summed E-state index contributed by atoms with van der Waals surface area (Å²) in [6.45, 7) is 3.12. The van der Waals surface area contributed by atoms with Gasteiger partial charge in [-0.1, -0.05) is 24.6 Å². The fourth-order valence-electron chi connectivity index (χ4n) is 1.96. The van der Waals surface area contributed by atoms with Crippen LogP contribution in [-0.4, -0.2) is 6.54 Å². The summed E-state index contributed by atoms with van der Waals surface area (Å²) in [4.78, 5) is 0. The molecule has 0 saturated heterocycles. The zero-order chi connectivity index (χ0) is 10.7. The van der Waals surface area contributed by atoms with Crippen LogP contribution >= 0.6 is 11.6 Å². The normalized spacial score (nSPS) is 18.3. The van der Waals surface area contributed by atoms with E-state index in [0.717, 1.165) is 12.5 Å². The molecule has 0 amide bonds. The number of benzene rings is 1. The Morgan fingerprint density at radius 3 is 2.73 bits per heavy atom. The zero-order valence-electron chi connectivity index (χ0n) is 9.17. The quantitative estimate of drug-likeness (QED) is 0.755. The minimum atomic E-state index is 0.0788. The lowest BCUT2D eigenvalue weighted by Crippen LogP contribution is -2.21. The van der Waals surface area contributed by atoms with Crippen LogP contribution in [0.5, 0.6) is 0 Å². The predicted octanol–water partition coefficient (Wildman–Crippen LogP) is 4.20. The molecule has 15 heavy (non-hydrogen) atoms. The molecular weight excluding hydrogens is 206 g/mol. The summed E-state index contributed by atoms with van der Waals surface area (Å²) in [5.41, 5.74) is 2.41. The van der Waals surface area contributed by atoms with Crippen LogP contribution in [0.1, 0.15) is 37.1 Å². The number of alkyl halides is 1. The first kappa shape index (κ1) is 10.8. The minimum Gasteiger partial charge on any atom is -0.385 e. The van der Waals surface area contributed by atoms with Gasteiger partial charge in [0.1, 0.15) is 0 Å². The summed E-state index contributed by atoms with van der Waals surface area (Å²) < 4.78 is 0. The Bertz CT molecular complexity index is 318. The van der Waals surface area contributed by atoms with E-state index in [1.54, 1.807) is 0 Å². The van der Waals surface area contributed by atoms with Crippen LogP contribution in [-0.2, 0) is 0 Å². The molecule has 2 heteroatoms. The Kier molecular flexibility index (Phi) is 3.53. The summed E-state index contributed by atoms with van der Waals surface area (Å²) in [5.74, 6) is 0.878. The summed E-state index contributed by atoms with van der Waals surface area (Å²) >= 11 is 6.13. The molecule has 0 heterocycles. The van der Waals surface area contributed by atoms with Crippen molar-refractivity contribution in [3.8, 4) is 0 Å². The molecule has 1 fully saturated rings. The highest BCUT2D eigenvalue weighted by Crippen LogP contribution is 2.30. The molecule has 0 aromatic heterocycles. The third-order valence-corrected chi connectivity index (χ3v) is 3.43. The molecule has 0 radical (unpaired) electrons. The van der Waals surface area contributed by atoms with Crippen molar-refractivity contribution in [2.75, 3.05) is 11.9 Å². The lowest BCUT2D eigenvalue weighted by atomic mass is 9.85. The molecule has 2 rings (SSSR count). The number of halogens is 1. The SMILES string of the molecule is CC(Cl)c1ccccc1NCC1CCC1. The molecule has 82 valence electrons. The van der Waals surface area contributed by atoms with E-state index in [2.05, 4.69) is 23.5 Å². The summed E-state index contributed by atoms with van der Waals surface area (Å²) in [5, 5.41) is 3.59. The molecule has 0 aliphatic heterocycles. The Hall–Kier alpha value is -0.690. The van der Waals surface area contributed by atoms with Crippen molar-refractivity contribution in [1.82, 2.24) is 0 Å². The molecule has 1 aromatic carbocycles. The maximum Gasteiger partial charge on any atom is 0.0577 e. The average molecular weight is 224 g/mol. The van der Waals surface area contributed by atoms with Crippen LogP contribution in [0.4, 0.5) is 5.69 Å². The topological polar surface area (TPSA) is 12.0 Å². The summed E-state index contributed by atoms with van der Waals surface area (Å²) in [7, 11) is 0. The van der Waals surface area contributed by atoms with Gasteiger partial charge in [0.05, 0.1) is 5.38 Å². The van der Waals surface area contributed by atoms with Crippen molar-refractivity contribution in [3.63, 3.8) is 0 Å². The molecule has 1 aliphatic carbocycles. The largest absolute Gasteiger partial charge is 0.385 e. The van der Waals surface area contributed by atoms with Gasteiger partial charge in [0.15, 0.2) is 0 Å². The van der Waals surface area contributed by atoms with Crippen LogP contribution in [0.2, 0.25) is 0 Å². The van der Waals surface area contributed by atoms with E-state index in [9.17, 15) is 0 Å². The van der Waals surface area contributed by atoms with Gasteiger partial charge in [-0.2, -0.15) is 0 Å². The first-order chi connectivity index (χ1) is 7.27. The third kappa shape index (κ3) is 2.66. The van der Waals surface area contributed by atoms with Crippen LogP contribution in [0.3, 0.4) is 0 Å². The Labute approximate surface area is 96.8 Å². The van der Waals surface area contributed by atoms with Gasteiger partial charge in [0.25, 0.3) is 0 Å². The van der Waals surface area contributed by atoms with Crippen molar-refractivity contribution < 1.29 is 0 Å². The molecule has 0 spiro atoms. The second-order valence-electron chi connectivity index (χ2n) is 4.38. The number of rotatable bonds is 4. The number of hydrogen-bond acceptors (Lipinski definition) is 1. The second-order valence-corrected chi connectivity index (χ2v) is 5.04. The average Bonchev–Trinajstić information content (AvgIpc) is 2.16. The molecule has 1 nitrogen and oxygen atoms in total. The number of para-hydroxylation sites is 1. The fourth-order valence-corrected chi connectivity index (χ4v) is 2.15. The highest BCUT2D eigenvalue weighted by atomic mass is 35.5. The van der Waals surface area contributed by atoms with Gasteiger partial charge in [-0.25, -0.2) is 0 Å². The van der Waals surface area contributed by atoms with Crippen LogP contribution < -0.4 is 5.32 Å². The van der Waals surface area contributed by atoms with E-state index >= 15 is 0 Å². The van der Waals surface area contributed by atoms with Gasteiger partial charge in [-0.3, -0.25) is 0 Å². The second kappa shape index (κ2) is 4.89. The number of nitrogens with one attached hydrogen (secondary N) is 1. The maximum atomic E-state index is 6.13. The molecular formula is C13H18ClN. The molecule has 1 aromatic rings. The highest BCUT2D eigenvalue weighted by Gasteiger charge is 2.17. The monoisotopic (exact) mass is 223 g/mol. The Morgan fingerprint density at radius 1 is 1.40 bits per heavy atom. The van der Waals surface area contributed by atoms with Crippen molar-refractivity contribution in [2.45, 2.75) is 31.6 Å². The van der Waals surface area contributed by atoms with Gasteiger partial charge >= 0.3 is 0 Å². The summed E-state index contributed by atoms with van der Waals surface area (Å²) in [6.07, 6.45) is 4.16. The molecule has 1 atom stereocenters. The molecule has 1 aliphatic rings. The fraction of sp³-hybridized carbons (Fsp3) is 0.538. The minimum absolute atomic E-state index is 0.0788. The van der Waals surface area contributed by atoms with Crippen molar-refractivity contribution in [3.05, 3.63) is 29.8 Å². The summed E-state index contributed by atoms with van der Waals surface area (Å²) in [6, 6.07) is 8.32.